The molecular weight excluding hydrogens is 708 g/mol. The van der Waals surface area contributed by atoms with Gasteiger partial charge in [-0.1, -0.05) is 231 Å². The highest BCUT2D eigenvalue weighted by Gasteiger charge is 2.07. The van der Waals surface area contributed by atoms with E-state index in [4.69, 9.17) is 0 Å². The number of hydrogen-bond acceptors (Lipinski definition) is 1. The minimum Gasteiger partial charge on any atom is -0.372 e. The fourth-order valence-corrected chi connectivity index (χ4v) is 8.35. The van der Waals surface area contributed by atoms with Crippen LogP contribution in [0.3, 0.4) is 0 Å². The molecule has 0 spiro atoms. The molecule has 1 aromatic carbocycles. The van der Waals surface area contributed by atoms with Gasteiger partial charge >= 0.3 is 0 Å². The molecule has 2 aromatic rings. The first-order valence-corrected chi connectivity index (χ1v) is 24.1. The van der Waals surface area contributed by atoms with Gasteiger partial charge in [0.2, 0.25) is 0 Å². The first-order valence-electron chi connectivity index (χ1n) is 23.3. The van der Waals surface area contributed by atoms with Crippen LogP contribution in [-0.4, -0.2) is 13.1 Å². The lowest BCUT2D eigenvalue weighted by atomic mass is 10.0. The third kappa shape index (κ3) is 26.8. The molecule has 0 aliphatic carbocycles. The van der Waals surface area contributed by atoms with Crippen LogP contribution in [0.4, 0.5) is 5.69 Å². The topological polar surface area (TPSA) is 7.12 Å². The van der Waals surface area contributed by atoms with Crippen molar-refractivity contribution in [3.05, 3.63) is 58.3 Å². The summed E-state index contributed by atoms with van der Waals surface area (Å²) in [4.78, 5) is 2.69. The highest BCUT2D eigenvalue weighted by Crippen LogP contribution is 2.22. The van der Waals surface area contributed by atoms with Gasteiger partial charge in [-0.15, -0.1) is 0 Å². The van der Waals surface area contributed by atoms with Crippen molar-refractivity contribution in [3.8, 4) is 0 Å². The summed E-state index contributed by atoms with van der Waals surface area (Å²) in [7, 11) is 2.06. The van der Waals surface area contributed by atoms with Gasteiger partial charge in [0.15, 0.2) is 12.4 Å². The molecule has 0 saturated carbocycles. The van der Waals surface area contributed by atoms with Crippen LogP contribution in [0, 0.1) is 0 Å². The van der Waals surface area contributed by atoms with E-state index in [1.807, 2.05) is 0 Å². The van der Waals surface area contributed by atoms with Gasteiger partial charge in [0.1, 0.15) is 7.05 Å². The predicted octanol–water partition coefficient (Wildman–Crippen LogP) is 16.8. The number of aromatic nitrogens is 1. The van der Waals surface area contributed by atoms with Crippen molar-refractivity contribution in [1.29, 1.82) is 0 Å². The molecule has 1 aromatic heterocycles. The molecule has 0 aliphatic heterocycles. The van der Waals surface area contributed by atoms with Crippen LogP contribution in [-0.2, 0) is 7.05 Å². The maximum absolute atomic E-state index is 3.71. The van der Waals surface area contributed by atoms with E-state index in [0.717, 1.165) is 4.47 Å². The molecule has 0 aliphatic rings. The van der Waals surface area contributed by atoms with Crippen LogP contribution in [0.15, 0.2) is 47.2 Å². The summed E-state index contributed by atoms with van der Waals surface area (Å²) >= 11 is 3.71. The minimum atomic E-state index is 1.12. The molecular formula is C50H86BrN2+. The Balaban J connectivity index is 1.64. The van der Waals surface area contributed by atoms with E-state index in [9.17, 15) is 0 Å². The summed E-state index contributed by atoms with van der Waals surface area (Å²) in [5.74, 6) is 0. The standard InChI is InChI=1S/C50H86BrN2/c1-4-6-8-10-12-14-16-18-20-22-24-26-28-30-32-34-43-53(44-35-33-31-29-27-25-23-21-19-17-15-13-11-9-7-5-2)49-40-37-47(38-41-49)36-39-48-42-45-52(3)46-50(48)51/h36-42,45-46H,4-35,43-44H2,1-3H3/q+1. The van der Waals surface area contributed by atoms with Gasteiger partial charge in [-0.25, -0.2) is 4.57 Å². The van der Waals surface area contributed by atoms with Gasteiger partial charge in [-0.2, -0.15) is 0 Å². The molecule has 53 heavy (non-hydrogen) atoms. The lowest BCUT2D eigenvalue weighted by Gasteiger charge is -2.25. The van der Waals surface area contributed by atoms with E-state index in [1.54, 1.807) is 0 Å². The predicted molar refractivity (Wildman–Crippen MR) is 242 cm³/mol. The average Bonchev–Trinajstić information content (AvgIpc) is 3.16. The number of benzene rings is 1. The van der Waals surface area contributed by atoms with E-state index < -0.39 is 0 Å². The second-order valence-corrected chi connectivity index (χ2v) is 17.3. The summed E-state index contributed by atoms with van der Waals surface area (Å²) in [6, 6.07) is 11.5. The molecule has 0 unspecified atom stereocenters. The molecule has 1 heterocycles. The lowest BCUT2D eigenvalue weighted by molar-refractivity contribution is -0.672. The largest absolute Gasteiger partial charge is 0.372 e. The van der Waals surface area contributed by atoms with Crippen LogP contribution in [0.25, 0.3) is 12.2 Å². The molecule has 2 rings (SSSR count). The fraction of sp³-hybridized carbons (Fsp3) is 0.740. The molecule has 0 atom stereocenters. The molecule has 0 radical (unpaired) electrons. The van der Waals surface area contributed by atoms with E-state index in [-0.39, 0.29) is 0 Å². The SMILES string of the molecule is CCCCCCCCCCCCCCCCCCN(CCCCCCCCCCCCCCCCCC)c1ccc(C=Cc2cc[n+](C)cc2Br)cc1. The third-order valence-corrected chi connectivity index (χ3v) is 12.0. The zero-order valence-electron chi connectivity index (χ0n) is 35.5. The van der Waals surface area contributed by atoms with Crippen LogP contribution >= 0.6 is 15.9 Å². The summed E-state index contributed by atoms with van der Waals surface area (Å²) in [6.07, 6.45) is 54.4. The van der Waals surface area contributed by atoms with Crippen molar-refractivity contribution >= 4 is 33.8 Å². The molecule has 0 N–H and O–H groups in total. The van der Waals surface area contributed by atoms with Crippen LogP contribution in [0.2, 0.25) is 0 Å². The molecule has 302 valence electrons. The maximum Gasteiger partial charge on any atom is 0.183 e. The molecule has 0 bridgehead atoms. The highest BCUT2D eigenvalue weighted by atomic mass is 79.9. The second-order valence-electron chi connectivity index (χ2n) is 16.4. The Morgan fingerprint density at radius 1 is 0.453 bits per heavy atom. The monoisotopic (exact) mass is 794 g/mol. The zero-order chi connectivity index (χ0) is 37.9. The van der Waals surface area contributed by atoms with Gasteiger partial charge in [-0.05, 0) is 46.5 Å². The van der Waals surface area contributed by atoms with Crippen molar-refractivity contribution in [2.45, 2.75) is 219 Å². The average molecular weight is 795 g/mol. The van der Waals surface area contributed by atoms with Crippen LogP contribution < -0.4 is 9.47 Å². The third-order valence-electron chi connectivity index (χ3n) is 11.4. The molecule has 3 heteroatoms. The second kappa shape index (κ2) is 34.8. The van der Waals surface area contributed by atoms with Crippen molar-refractivity contribution in [1.82, 2.24) is 0 Å². The quantitative estimate of drug-likeness (QED) is 0.0488. The van der Waals surface area contributed by atoms with Crippen LogP contribution in [0.5, 0.6) is 0 Å². The number of unbranched alkanes of at least 4 members (excludes halogenated alkanes) is 30. The zero-order valence-corrected chi connectivity index (χ0v) is 37.1. The van der Waals surface area contributed by atoms with Gasteiger partial charge in [0.05, 0.1) is 4.47 Å². The number of halogens is 1. The Labute approximate surface area is 339 Å². The highest BCUT2D eigenvalue weighted by molar-refractivity contribution is 9.10. The van der Waals surface area contributed by atoms with Crippen molar-refractivity contribution in [3.63, 3.8) is 0 Å². The van der Waals surface area contributed by atoms with E-state index in [0.29, 0.717) is 0 Å². The van der Waals surface area contributed by atoms with E-state index in [2.05, 4.69) is 101 Å². The fourth-order valence-electron chi connectivity index (χ4n) is 7.76. The summed E-state index contributed by atoms with van der Waals surface area (Å²) in [5, 5.41) is 0. The first kappa shape index (κ1) is 47.5. The Bertz CT molecular complexity index is 1070. The number of rotatable bonds is 37. The van der Waals surface area contributed by atoms with E-state index in [1.165, 1.54) is 235 Å². The normalized spacial score (nSPS) is 11.6. The van der Waals surface area contributed by atoms with Gasteiger partial charge in [0, 0.05) is 30.4 Å². The lowest BCUT2D eigenvalue weighted by Crippen LogP contribution is -2.26. The number of hydrogen-bond donors (Lipinski definition) is 0. The van der Waals surface area contributed by atoms with Gasteiger partial charge in [0.25, 0.3) is 0 Å². The summed E-state index contributed by atoms with van der Waals surface area (Å²) in [5.41, 5.74) is 3.87. The molecule has 2 nitrogen and oxygen atoms in total. The van der Waals surface area contributed by atoms with Crippen molar-refractivity contribution < 1.29 is 4.57 Å². The molecule has 0 amide bonds. The number of pyridine rings is 1. The Hall–Kier alpha value is -1.61. The summed E-state index contributed by atoms with van der Waals surface area (Å²) in [6.45, 7) is 7.01. The number of nitrogens with zero attached hydrogens (tertiary/aromatic N) is 2. The van der Waals surface area contributed by atoms with Crippen molar-refractivity contribution in [2.24, 2.45) is 7.05 Å². The van der Waals surface area contributed by atoms with Gasteiger partial charge < -0.3 is 4.90 Å². The maximum atomic E-state index is 3.71. The summed E-state index contributed by atoms with van der Waals surface area (Å²) < 4.78 is 3.20. The molecule has 0 saturated heterocycles. The number of aryl methyl sites for hydroxylation is 1. The Kier molecular flexibility index (Phi) is 31.3. The van der Waals surface area contributed by atoms with Crippen molar-refractivity contribution in [2.75, 3.05) is 18.0 Å². The van der Waals surface area contributed by atoms with E-state index >= 15 is 0 Å². The Morgan fingerprint density at radius 3 is 1.13 bits per heavy atom. The minimum absolute atomic E-state index is 1.12. The number of anilines is 1. The van der Waals surface area contributed by atoms with Gasteiger partial charge in [-0.3, -0.25) is 0 Å². The Morgan fingerprint density at radius 2 is 0.792 bits per heavy atom. The molecule has 0 fully saturated rings. The smallest absolute Gasteiger partial charge is 0.183 e. The first-order chi connectivity index (χ1) is 26.1. The van der Waals surface area contributed by atoms with Crippen LogP contribution in [0.1, 0.15) is 230 Å².